The topological polar surface area (TPSA) is 46.5 Å². The van der Waals surface area contributed by atoms with Gasteiger partial charge in [0.2, 0.25) is 0 Å². The van der Waals surface area contributed by atoms with E-state index in [2.05, 4.69) is 0 Å². The summed E-state index contributed by atoms with van der Waals surface area (Å²) in [7, 11) is 1.53. The third-order valence-electron chi connectivity index (χ3n) is 2.66. The number of carbonyl (C=O) groups is 1. The summed E-state index contributed by atoms with van der Waals surface area (Å²) in [6.45, 7) is 0. The molecule has 0 atom stereocenters. The Morgan fingerprint density at radius 2 is 2.06 bits per heavy atom. The van der Waals surface area contributed by atoms with Gasteiger partial charge in [-0.25, -0.2) is 0 Å². The molecule has 18 heavy (non-hydrogen) atoms. The molecule has 0 fully saturated rings. The Balaban J connectivity index is 2.55. The lowest BCUT2D eigenvalue weighted by Crippen LogP contribution is -1.88. The Morgan fingerprint density at radius 3 is 2.67 bits per heavy atom. The van der Waals surface area contributed by atoms with E-state index in [0.717, 1.165) is 5.56 Å². The molecule has 0 saturated heterocycles. The first kappa shape index (κ1) is 12.5. The molecule has 4 heteroatoms. The Morgan fingerprint density at radius 1 is 1.28 bits per heavy atom. The van der Waals surface area contributed by atoms with Crippen LogP contribution in [-0.2, 0) is 0 Å². The monoisotopic (exact) mass is 262 g/mol. The molecule has 0 aliphatic heterocycles. The number of benzene rings is 2. The number of halogens is 1. The number of methoxy groups -OCH3 is 1. The predicted octanol–water partition coefficient (Wildman–Crippen LogP) is 3.53. The van der Waals surface area contributed by atoms with Gasteiger partial charge in [-0.3, -0.25) is 4.79 Å². The smallest absolute Gasteiger partial charge is 0.153 e. The van der Waals surface area contributed by atoms with Crippen LogP contribution in [0.1, 0.15) is 10.4 Å². The number of hydrogen-bond acceptors (Lipinski definition) is 3. The maximum atomic E-state index is 10.8. The molecule has 0 aromatic heterocycles. The summed E-state index contributed by atoms with van der Waals surface area (Å²) in [5.41, 5.74) is 1.53. The average Bonchev–Trinajstić information content (AvgIpc) is 2.39. The van der Waals surface area contributed by atoms with Crippen molar-refractivity contribution in [2.45, 2.75) is 0 Å². The van der Waals surface area contributed by atoms with Gasteiger partial charge < -0.3 is 9.84 Å². The van der Waals surface area contributed by atoms with Gasteiger partial charge in [0.1, 0.15) is 11.5 Å². The van der Waals surface area contributed by atoms with Crippen molar-refractivity contribution >= 4 is 17.9 Å². The third-order valence-corrected chi connectivity index (χ3v) is 2.95. The summed E-state index contributed by atoms with van der Waals surface area (Å²) in [4.78, 5) is 10.8. The van der Waals surface area contributed by atoms with Gasteiger partial charge >= 0.3 is 0 Å². The van der Waals surface area contributed by atoms with E-state index < -0.39 is 0 Å². The van der Waals surface area contributed by atoms with Gasteiger partial charge in [0.05, 0.1) is 17.7 Å². The van der Waals surface area contributed by atoms with E-state index in [4.69, 9.17) is 16.3 Å². The number of para-hydroxylation sites is 1. The second kappa shape index (κ2) is 5.10. The fraction of sp³-hybridized carbons (Fsp3) is 0.0714. The van der Waals surface area contributed by atoms with Gasteiger partial charge in [-0.2, -0.15) is 0 Å². The number of hydrogen-bond donors (Lipinski definition) is 1. The number of carbonyl (C=O) groups excluding carboxylic acids is 1. The van der Waals surface area contributed by atoms with Crippen molar-refractivity contribution in [2.24, 2.45) is 0 Å². The molecule has 0 amide bonds. The molecule has 0 spiro atoms. The zero-order valence-electron chi connectivity index (χ0n) is 9.68. The minimum absolute atomic E-state index is 0.0475. The lowest BCUT2D eigenvalue weighted by molar-refractivity contribution is 0.112. The fourth-order valence-corrected chi connectivity index (χ4v) is 1.98. The van der Waals surface area contributed by atoms with Crippen LogP contribution in [0.15, 0.2) is 36.4 Å². The van der Waals surface area contributed by atoms with Crippen molar-refractivity contribution in [3.05, 3.63) is 47.0 Å². The number of phenolic OH excluding ortho intramolecular Hbond substituents is 1. The van der Waals surface area contributed by atoms with Crippen LogP contribution in [0.5, 0.6) is 11.5 Å². The van der Waals surface area contributed by atoms with Gasteiger partial charge in [0.15, 0.2) is 6.29 Å². The van der Waals surface area contributed by atoms with Crippen LogP contribution in [0.3, 0.4) is 0 Å². The van der Waals surface area contributed by atoms with Gasteiger partial charge in [0.25, 0.3) is 0 Å². The van der Waals surface area contributed by atoms with E-state index in [0.29, 0.717) is 22.6 Å². The maximum Gasteiger partial charge on any atom is 0.153 e. The van der Waals surface area contributed by atoms with Crippen LogP contribution >= 0.6 is 11.6 Å². The van der Waals surface area contributed by atoms with Gasteiger partial charge in [-0.1, -0.05) is 29.8 Å². The molecule has 0 saturated carbocycles. The first-order valence-electron chi connectivity index (χ1n) is 5.28. The van der Waals surface area contributed by atoms with Crippen molar-refractivity contribution in [3.63, 3.8) is 0 Å². The largest absolute Gasteiger partial charge is 0.507 e. The zero-order valence-corrected chi connectivity index (χ0v) is 10.4. The van der Waals surface area contributed by atoms with E-state index in [1.54, 1.807) is 36.4 Å². The van der Waals surface area contributed by atoms with Crippen LogP contribution in [-0.4, -0.2) is 18.5 Å². The molecule has 92 valence electrons. The highest BCUT2D eigenvalue weighted by Gasteiger charge is 2.10. The van der Waals surface area contributed by atoms with E-state index in [9.17, 15) is 9.90 Å². The van der Waals surface area contributed by atoms with Gasteiger partial charge in [-0.05, 0) is 23.8 Å². The lowest BCUT2D eigenvalue weighted by Gasteiger charge is -2.09. The minimum atomic E-state index is -0.0475. The lowest BCUT2D eigenvalue weighted by atomic mass is 10.0. The molecule has 0 unspecified atom stereocenters. The van der Waals surface area contributed by atoms with Crippen molar-refractivity contribution in [1.29, 1.82) is 0 Å². The van der Waals surface area contributed by atoms with E-state index in [1.807, 2.05) is 0 Å². The van der Waals surface area contributed by atoms with E-state index >= 15 is 0 Å². The second-order valence-electron chi connectivity index (χ2n) is 3.71. The molecular formula is C14H11ClO3. The number of rotatable bonds is 3. The molecule has 0 aliphatic carbocycles. The minimum Gasteiger partial charge on any atom is -0.507 e. The molecule has 2 rings (SSSR count). The molecular weight excluding hydrogens is 252 g/mol. The molecule has 2 aromatic rings. The quantitative estimate of drug-likeness (QED) is 0.861. The van der Waals surface area contributed by atoms with Crippen LogP contribution in [0.4, 0.5) is 0 Å². The Bertz CT molecular complexity index is 594. The number of aldehydes is 1. The van der Waals surface area contributed by atoms with Crippen LogP contribution in [0, 0.1) is 0 Å². The van der Waals surface area contributed by atoms with Crippen LogP contribution in [0.25, 0.3) is 11.1 Å². The van der Waals surface area contributed by atoms with Gasteiger partial charge in [-0.15, -0.1) is 0 Å². The number of aromatic hydroxyl groups is 1. The summed E-state index contributed by atoms with van der Waals surface area (Å²) in [5, 5.41) is 10.4. The van der Waals surface area contributed by atoms with Gasteiger partial charge in [0, 0.05) is 5.56 Å². The van der Waals surface area contributed by atoms with Crippen LogP contribution in [0.2, 0.25) is 5.02 Å². The van der Waals surface area contributed by atoms with Crippen LogP contribution < -0.4 is 4.74 Å². The maximum absolute atomic E-state index is 10.8. The van der Waals surface area contributed by atoms with Crippen molar-refractivity contribution in [2.75, 3.05) is 7.11 Å². The summed E-state index contributed by atoms with van der Waals surface area (Å²) < 4.78 is 5.06. The SMILES string of the molecule is COc1ccc(-c2cccc(C=O)c2O)cc1Cl. The number of phenols is 1. The average molecular weight is 263 g/mol. The summed E-state index contributed by atoms with van der Waals surface area (Å²) in [5.74, 6) is 0.514. The normalized spacial score (nSPS) is 10.1. The molecule has 0 heterocycles. The standard InChI is InChI=1S/C14H11ClO3/c1-18-13-6-5-9(7-12(13)15)11-4-2-3-10(8-16)14(11)17/h2-8,17H,1H3. The van der Waals surface area contributed by atoms with Crippen molar-refractivity contribution in [3.8, 4) is 22.6 Å². The van der Waals surface area contributed by atoms with E-state index in [-0.39, 0.29) is 11.3 Å². The molecule has 0 radical (unpaired) electrons. The van der Waals surface area contributed by atoms with E-state index in [1.165, 1.54) is 7.11 Å². The summed E-state index contributed by atoms with van der Waals surface area (Å²) in [6.07, 6.45) is 0.615. The predicted molar refractivity (Wildman–Crippen MR) is 70.5 cm³/mol. The highest BCUT2D eigenvalue weighted by Crippen LogP contribution is 2.35. The summed E-state index contributed by atoms with van der Waals surface area (Å²) >= 11 is 6.03. The molecule has 1 N–H and O–H groups in total. The molecule has 0 bridgehead atoms. The fourth-order valence-electron chi connectivity index (χ4n) is 1.72. The number of ether oxygens (including phenoxy) is 1. The first-order chi connectivity index (χ1) is 8.67. The molecule has 0 aliphatic rings. The summed E-state index contributed by atoms with van der Waals surface area (Å²) in [6, 6.07) is 10.2. The first-order valence-corrected chi connectivity index (χ1v) is 5.66. The molecule has 3 nitrogen and oxygen atoms in total. The molecule has 2 aromatic carbocycles. The Hall–Kier alpha value is -2.00. The zero-order chi connectivity index (χ0) is 13.1. The Labute approximate surface area is 110 Å². The highest BCUT2D eigenvalue weighted by atomic mass is 35.5. The van der Waals surface area contributed by atoms with Crippen molar-refractivity contribution in [1.82, 2.24) is 0 Å². The second-order valence-corrected chi connectivity index (χ2v) is 4.12. The Kier molecular flexibility index (Phi) is 3.53. The third kappa shape index (κ3) is 2.17. The highest BCUT2D eigenvalue weighted by molar-refractivity contribution is 6.32. The van der Waals surface area contributed by atoms with Crippen molar-refractivity contribution < 1.29 is 14.6 Å².